The SMILES string of the molecule is CC1CC(C)C(C)N(CCC(NC(C)C)C(=O)O)C1. The van der Waals surface area contributed by atoms with Crippen LogP contribution in [0.2, 0.25) is 0 Å². The number of nitrogens with one attached hydrogen (secondary N) is 1. The van der Waals surface area contributed by atoms with Crippen LogP contribution in [0.15, 0.2) is 0 Å². The molecule has 4 nitrogen and oxygen atoms in total. The average Bonchev–Trinajstić information content (AvgIpc) is 2.29. The summed E-state index contributed by atoms with van der Waals surface area (Å²) >= 11 is 0. The van der Waals surface area contributed by atoms with E-state index < -0.39 is 12.0 Å². The van der Waals surface area contributed by atoms with E-state index in [1.165, 1.54) is 6.42 Å². The zero-order valence-corrected chi connectivity index (χ0v) is 13.0. The van der Waals surface area contributed by atoms with E-state index in [4.69, 9.17) is 0 Å². The quantitative estimate of drug-likeness (QED) is 0.777. The molecule has 0 bridgehead atoms. The van der Waals surface area contributed by atoms with Gasteiger partial charge in [0.05, 0.1) is 0 Å². The molecule has 112 valence electrons. The fourth-order valence-electron chi connectivity index (χ4n) is 3.10. The topological polar surface area (TPSA) is 52.6 Å². The third-order valence-electron chi connectivity index (χ3n) is 4.26. The molecule has 0 amide bonds. The molecule has 19 heavy (non-hydrogen) atoms. The second-order valence-electron chi connectivity index (χ2n) is 6.55. The Morgan fingerprint density at radius 1 is 1.37 bits per heavy atom. The summed E-state index contributed by atoms with van der Waals surface area (Å²) < 4.78 is 0. The van der Waals surface area contributed by atoms with Gasteiger partial charge in [-0.05, 0) is 31.6 Å². The van der Waals surface area contributed by atoms with E-state index in [1.54, 1.807) is 0 Å². The van der Waals surface area contributed by atoms with E-state index in [1.807, 2.05) is 13.8 Å². The number of hydrogen-bond acceptors (Lipinski definition) is 3. The lowest BCUT2D eigenvalue weighted by Gasteiger charge is -2.41. The highest BCUT2D eigenvalue weighted by Gasteiger charge is 2.29. The lowest BCUT2D eigenvalue weighted by Crippen LogP contribution is -2.49. The summed E-state index contributed by atoms with van der Waals surface area (Å²) in [6.45, 7) is 12.8. The number of nitrogens with zero attached hydrogens (tertiary/aromatic N) is 1. The van der Waals surface area contributed by atoms with Crippen LogP contribution in [-0.2, 0) is 4.79 Å². The minimum Gasteiger partial charge on any atom is -0.480 e. The van der Waals surface area contributed by atoms with Crippen LogP contribution in [0, 0.1) is 11.8 Å². The average molecular weight is 270 g/mol. The number of carbonyl (C=O) groups is 1. The first-order valence-electron chi connectivity index (χ1n) is 7.54. The lowest BCUT2D eigenvalue weighted by atomic mass is 9.86. The van der Waals surface area contributed by atoms with E-state index in [-0.39, 0.29) is 6.04 Å². The molecule has 1 saturated heterocycles. The van der Waals surface area contributed by atoms with Gasteiger partial charge in [0.15, 0.2) is 0 Å². The summed E-state index contributed by atoms with van der Waals surface area (Å²) in [5.41, 5.74) is 0. The Morgan fingerprint density at radius 3 is 2.53 bits per heavy atom. The summed E-state index contributed by atoms with van der Waals surface area (Å²) in [7, 11) is 0. The number of aliphatic carboxylic acids is 1. The van der Waals surface area contributed by atoms with Gasteiger partial charge in [-0.15, -0.1) is 0 Å². The first-order chi connectivity index (χ1) is 8.81. The molecule has 1 heterocycles. The fourth-order valence-corrected chi connectivity index (χ4v) is 3.10. The first kappa shape index (κ1) is 16.4. The van der Waals surface area contributed by atoms with Crippen LogP contribution in [0.5, 0.6) is 0 Å². The minimum absolute atomic E-state index is 0.206. The van der Waals surface area contributed by atoms with E-state index in [9.17, 15) is 9.90 Å². The Bertz CT molecular complexity index is 294. The Labute approximate surface area is 117 Å². The number of carboxylic acids is 1. The van der Waals surface area contributed by atoms with Crippen LogP contribution in [-0.4, -0.2) is 47.2 Å². The van der Waals surface area contributed by atoms with Crippen LogP contribution in [0.4, 0.5) is 0 Å². The van der Waals surface area contributed by atoms with Gasteiger partial charge in [0.1, 0.15) is 6.04 Å². The first-order valence-corrected chi connectivity index (χ1v) is 7.54. The predicted molar refractivity (Wildman–Crippen MR) is 78.3 cm³/mol. The molecule has 4 atom stereocenters. The standard InChI is InChI=1S/C15H30N2O2/c1-10(2)16-14(15(18)19)6-7-17-9-11(3)8-12(4)13(17)5/h10-14,16H,6-9H2,1-5H3,(H,18,19). The molecule has 0 aromatic rings. The van der Waals surface area contributed by atoms with Gasteiger partial charge in [-0.2, -0.15) is 0 Å². The fraction of sp³-hybridized carbons (Fsp3) is 0.933. The second-order valence-corrected chi connectivity index (χ2v) is 6.55. The van der Waals surface area contributed by atoms with Crippen molar-refractivity contribution in [1.82, 2.24) is 10.2 Å². The smallest absolute Gasteiger partial charge is 0.320 e. The van der Waals surface area contributed by atoms with Gasteiger partial charge in [-0.1, -0.05) is 27.7 Å². The maximum atomic E-state index is 11.2. The Kier molecular flexibility index (Phi) is 6.27. The maximum Gasteiger partial charge on any atom is 0.320 e. The van der Waals surface area contributed by atoms with Crippen molar-refractivity contribution < 1.29 is 9.90 Å². The van der Waals surface area contributed by atoms with Crippen molar-refractivity contribution in [3.05, 3.63) is 0 Å². The third-order valence-corrected chi connectivity index (χ3v) is 4.26. The normalized spacial score (nSPS) is 30.5. The molecule has 4 heteroatoms. The van der Waals surface area contributed by atoms with E-state index in [0.717, 1.165) is 13.1 Å². The summed E-state index contributed by atoms with van der Waals surface area (Å²) in [6.07, 6.45) is 1.96. The van der Waals surface area contributed by atoms with Gasteiger partial charge in [0, 0.05) is 25.2 Å². The van der Waals surface area contributed by atoms with Crippen molar-refractivity contribution in [2.45, 2.75) is 65.6 Å². The summed E-state index contributed by atoms with van der Waals surface area (Å²) in [4.78, 5) is 13.7. The van der Waals surface area contributed by atoms with Crippen LogP contribution in [0.3, 0.4) is 0 Å². The Balaban J connectivity index is 2.50. The highest BCUT2D eigenvalue weighted by molar-refractivity contribution is 5.73. The van der Waals surface area contributed by atoms with E-state index in [2.05, 4.69) is 31.0 Å². The van der Waals surface area contributed by atoms with E-state index in [0.29, 0.717) is 24.3 Å². The minimum atomic E-state index is -0.737. The molecule has 1 fully saturated rings. The van der Waals surface area contributed by atoms with Crippen LogP contribution < -0.4 is 5.32 Å². The molecular weight excluding hydrogens is 240 g/mol. The van der Waals surface area contributed by atoms with Gasteiger partial charge < -0.3 is 15.3 Å². The van der Waals surface area contributed by atoms with Crippen molar-refractivity contribution in [3.8, 4) is 0 Å². The third kappa shape index (κ3) is 5.11. The molecule has 0 aromatic heterocycles. The Morgan fingerprint density at radius 2 is 2.00 bits per heavy atom. The number of likely N-dealkylation sites (tertiary alicyclic amines) is 1. The van der Waals surface area contributed by atoms with E-state index >= 15 is 0 Å². The molecule has 1 aliphatic heterocycles. The zero-order chi connectivity index (χ0) is 14.6. The molecule has 0 spiro atoms. The number of rotatable bonds is 6. The Hall–Kier alpha value is -0.610. The monoisotopic (exact) mass is 270 g/mol. The molecule has 0 aliphatic carbocycles. The largest absolute Gasteiger partial charge is 0.480 e. The van der Waals surface area contributed by atoms with Crippen LogP contribution >= 0.6 is 0 Å². The van der Waals surface area contributed by atoms with Crippen LogP contribution in [0.1, 0.15) is 47.5 Å². The van der Waals surface area contributed by atoms with Crippen molar-refractivity contribution in [1.29, 1.82) is 0 Å². The molecule has 0 aromatic carbocycles. The van der Waals surface area contributed by atoms with Crippen LogP contribution in [0.25, 0.3) is 0 Å². The van der Waals surface area contributed by atoms with Crippen molar-refractivity contribution >= 4 is 5.97 Å². The molecule has 1 aliphatic rings. The summed E-state index contributed by atoms with van der Waals surface area (Å²) in [6, 6.07) is 0.335. The van der Waals surface area contributed by atoms with Gasteiger partial charge in [0.2, 0.25) is 0 Å². The highest BCUT2D eigenvalue weighted by atomic mass is 16.4. The number of piperidine rings is 1. The summed E-state index contributed by atoms with van der Waals surface area (Å²) in [5, 5.41) is 12.4. The van der Waals surface area contributed by atoms with Crippen molar-refractivity contribution in [3.63, 3.8) is 0 Å². The van der Waals surface area contributed by atoms with Crippen molar-refractivity contribution in [2.24, 2.45) is 11.8 Å². The van der Waals surface area contributed by atoms with Crippen molar-refractivity contribution in [2.75, 3.05) is 13.1 Å². The van der Waals surface area contributed by atoms with Gasteiger partial charge >= 0.3 is 5.97 Å². The van der Waals surface area contributed by atoms with Gasteiger partial charge in [0.25, 0.3) is 0 Å². The molecular formula is C15H30N2O2. The molecule has 1 rings (SSSR count). The molecule has 0 saturated carbocycles. The molecule has 0 radical (unpaired) electrons. The number of hydrogen-bond donors (Lipinski definition) is 2. The maximum absolute atomic E-state index is 11.2. The second kappa shape index (κ2) is 7.25. The predicted octanol–water partition coefficient (Wildman–Crippen LogP) is 2.19. The zero-order valence-electron chi connectivity index (χ0n) is 13.0. The lowest BCUT2D eigenvalue weighted by molar-refractivity contribution is -0.140. The highest BCUT2D eigenvalue weighted by Crippen LogP contribution is 2.26. The van der Waals surface area contributed by atoms with Gasteiger partial charge in [-0.25, -0.2) is 0 Å². The van der Waals surface area contributed by atoms with Gasteiger partial charge in [-0.3, -0.25) is 4.79 Å². The number of carboxylic acid groups (broad SMARTS) is 1. The molecule has 4 unspecified atom stereocenters. The summed E-state index contributed by atoms with van der Waals surface area (Å²) in [5.74, 6) is 0.678. The molecule has 2 N–H and O–H groups in total.